The fraction of sp³-hybridized carbons (Fsp3) is 0.467. The Morgan fingerprint density at radius 1 is 1.25 bits per heavy atom. The van der Waals surface area contributed by atoms with Crippen LogP contribution in [0.15, 0.2) is 24.3 Å². The van der Waals surface area contributed by atoms with E-state index in [0.717, 1.165) is 18.4 Å². The molecule has 1 aromatic carbocycles. The van der Waals surface area contributed by atoms with Gasteiger partial charge in [0.25, 0.3) is 0 Å². The van der Waals surface area contributed by atoms with E-state index >= 15 is 0 Å². The lowest BCUT2D eigenvalue weighted by molar-refractivity contribution is -0.137. The van der Waals surface area contributed by atoms with Crippen molar-refractivity contribution in [2.45, 2.75) is 38.1 Å². The van der Waals surface area contributed by atoms with Gasteiger partial charge >= 0.3 is 5.97 Å². The second-order valence-corrected chi connectivity index (χ2v) is 5.48. The van der Waals surface area contributed by atoms with Gasteiger partial charge < -0.3 is 10.8 Å². The molecule has 0 aromatic heterocycles. The summed E-state index contributed by atoms with van der Waals surface area (Å²) in [6, 6.07) is 7.23. The molecule has 1 aromatic rings. The molecule has 0 spiro atoms. The van der Waals surface area contributed by atoms with Crippen molar-refractivity contribution >= 4 is 17.6 Å². The van der Waals surface area contributed by atoms with Crippen LogP contribution in [-0.2, 0) is 9.59 Å². The highest BCUT2D eigenvalue weighted by molar-refractivity contribution is 6.03. The van der Waals surface area contributed by atoms with Crippen LogP contribution in [0.25, 0.3) is 0 Å². The van der Waals surface area contributed by atoms with Crippen molar-refractivity contribution in [1.29, 1.82) is 0 Å². The quantitative estimate of drug-likeness (QED) is 0.876. The molecule has 0 saturated heterocycles. The number of hydrogen-bond donors (Lipinski definition) is 2. The molecule has 0 radical (unpaired) electrons. The maximum absolute atomic E-state index is 12.6. The first-order valence-electron chi connectivity index (χ1n) is 6.82. The number of carboxylic acid groups (broad SMARTS) is 1. The van der Waals surface area contributed by atoms with Crippen LogP contribution in [0.1, 0.15) is 31.2 Å². The summed E-state index contributed by atoms with van der Waals surface area (Å²) in [5, 5.41) is 9.04. The highest BCUT2D eigenvalue weighted by Gasteiger charge is 2.40. The molecule has 0 heterocycles. The highest BCUT2D eigenvalue weighted by atomic mass is 16.4. The first-order chi connectivity index (χ1) is 9.42. The van der Waals surface area contributed by atoms with Gasteiger partial charge in [-0.25, -0.2) is 0 Å². The number of aliphatic carboxylic acids is 1. The Morgan fingerprint density at radius 3 is 2.30 bits per heavy atom. The molecular formula is C15H20N2O3. The predicted octanol–water partition coefficient (Wildman–Crippen LogP) is 1.68. The standard InChI is InChI=1S/C15H20N2O3/c1-11-4-6-12(7-5-11)17(10-13(18)19)14(20)15(16)8-2-3-9-15/h4-7H,2-3,8-10,16H2,1H3,(H,18,19). The molecule has 1 saturated carbocycles. The molecule has 0 bridgehead atoms. The molecule has 3 N–H and O–H groups in total. The van der Waals surface area contributed by atoms with Gasteiger partial charge in [0.15, 0.2) is 0 Å². The normalized spacial score (nSPS) is 16.9. The van der Waals surface area contributed by atoms with Crippen molar-refractivity contribution in [3.8, 4) is 0 Å². The van der Waals surface area contributed by atoms with E-state index in [1.807, 2.05) is 19.1 Å². The average molecular weight is 276 g/mol. The number of carbonyl (C=O) groups is 2. The van der Waals surface area contributed by atoms with E-state index < -0.39 is 11.5 Å². The Morgan fingerprint density at radius 2 is 1.80 bits per heavy atom. The first-order valence-corrected chi connectivity index (χ1v) is 6.82. The van der Waals surface area contributed by atoms with E-state index in [0.29, 0.717) is 18.5 Å². The van der Waals surface area contributed by atoms with E-state index in [1.165, 1.54) is 4.90 Å². The Balaban J connectivity index is 2.29. The summed E-state index contributed by atoms with van der Waals surface area (Å²) in [5.41, 5.74) is 6.88. The number of rotatable bonds is 4. The third-order valence-corrected chi connectivity index (χ3v) is 3.81. The Bertz CT molecular complexity index is 504. The molecule has 0 aliphatic heterocycles. The molecule has 0 atom stereocenters. The summed E-state index contributed by atoms with van der Waals surface area (Å²) >= 11 is 0. The molecule has 1 aliphatic rings. The van der Waals surface area contributed by atoms with E-state index in [1.54, 1.807) is 12.1 Å². The summed E-state index contributed by atoms with van der Waals surface area (Å²) in [6.45, 7) is 1.58. The van der Waals surface area contributed by atoms with E-state index in [2.05, 4.69) is 0 Å². The Labute approximate surface area is 118 Å². The van der Waals surface area contributed by atoms with Crippen molar-refractivity contribution < 1.29 is 14.7 Å². The smallest absolute Gasteiger partial charge is 0.323 e. The van der Waals surface area contributed by atoms with Gasteiger partial charge in [-0.3, -0.25) is 14.5 Å². The number of benzene rings is 1. The third kappa shape index (κ3) is 2.99. The monoisotopic (exact) mass is 276 g/mol. The van der Waals surface area contributed by atoms with Crippen LogP contribution in [0.2, 0.25) is 0 Å². The number of nitrogens with zero attached hydrogens (tertiary/aromatic N) is 1. The van der Waals surface area contributed by atoms with Crippen molar-refractivity contribution in [3.63, 3.8) is 0 Å². The van der Waals surface area contributed by atoms with Crippen LogP contribution in [-0.4, -0.2) is 29.1 Å². The van der Waals surface area contributed by atoms with Crippen LogP contribution < -0.4 is 10.6 Å². The number of aryl methyl sites for hydroxylation is 1. The molecular weight excluding hydrogens is 256 g/mol. The number of hydrogen-bond acceptors (Lipinski definition) is 3. The largest absolute Gasteiger partial charge is 0.480 e. The molecule has 5 nitrogen and oxygen atoms in total. The summed E-state index contributed by atoms with van der Waals surface area (Å²) in [6.07, 6.45) is 3.07. The van der Waals surface area contributed by atoms with E-state index in [9.17, 15) is 9.59 Å². The minimum Gasteiger partial charge on any atom is -0.480 e. The molecule has 5 heteroatoms. The van der Waals surface area contributed by atoms with E-state index in [-0.39, 0.29) is 12.5 Å². The fourth-order valence-corrected chi connectivity index (χ4v) is 2.63. The van der Waals surface area contributed by atoms with Crippen molar-refractivity contribution in [1.82, 2.24) is 0 Å². The molecule has 2 rings (SSSR count). The number of nitrogens with two attached hydrogens (primary N) is 1. The zero-order valence-corrected chi connectivity index (χ0v) is 11.6. The van der Waals surface area contributed by atoms with Gasteiger partial charge in [0, 0.05) is 5.69 Å². The lowest BCUT2D eigenvalue weighted by Gasteiger charge is -2.30. The number of carboxylic acids is 1. The molecule has 1 aliphatic carbocycles. The van der Waals surface area contributed by atoms with Gasteiger partial charge in [0.1, 0.15) is 6.54 Å². The van der Waals surface area contributed by atoms with Crippen LogP contribution in [0.3, 0.4) is 0 Å². The molecule has 20 heavy (non-hydrogen) atoms. The van der Waals surface area contributed by atoms with Crippen molar-refractivity contribution in [2.24, 2.45) is 5.73 Å². The minimum atomic E-state index is -1.04. The van der Waals surface area contributed by atoms with Crippen LogP contribution in [0.5, 0.6) is 0 Å². The zero-order chi connectivity index (χ0) is 14.8. The second-order valence-electron chi connectivity index (χ2n) is 5.48. The topological polar surface area (TPSA) is 83.6 Å². The second kappa shape index (κ2) is 5.63. The van der Waals surface area contributed by atoms with Gasteiger partial charge in [0.2, 0.25) is 5.91 Å². The summed E-state index contributed by atoms with van der Waals surface area (Å²) in [5.74, 6) is -1.33. The van der Waals surface area contributed by atoms with Gasteiger partial charge in [-0.15, -0.1) is 0 Å². The van der Waals surface area contributed by atoms with E-state index in [4.69, 9.17) is 10.8 Å². The number of carbonyl (C=O) groups excluding carboxylic acids is 1. The first kappa shape index (κ1) is 14.5. The SMILES string of the molecule is Cc1ccc(N(CC(=O)O)C(=O)C2(N)CCCC2)cc1. The average Bonchev–Trinajstić information content (AvgIpc) is 2.84. The molecule has 108 valence electrons. The maximum Gasteiger partial charge on any atom is 0.323 e. The van der Waals surface area contributed by atoms with Crippen molar-refractivity contribution in [2.75, 3.05) is 11.4 Å². The summed E-state index contributed by atoms with van der Waals surface area (Å²) in [4.78, 5) is 24.9. The van der Waals surface area contributed by atoms with Gasteiger partial charge in [-0.2, -0.15) is 0 Å². The fourth-order valence-electron chi connectivity index (χ4n) is 2.63. The summed E-state index contributed by atoms with van der Waals surface area (Å²) < 4.78 is 0. The van der Waals surface area contributed by atoms with Gasteiger partial charge in [-0.1, -0.05) is 30.5 Å². The zero-order valence-electron chi connectivity index (χ0n) is 11.6. The lowest BCUT2D eigenvalue weighted by atomic mass is 9.96. The maximum atomic E-state index is 12.6. The Kier molecular flexibility index (Phi) is 4.09. The van der Waals surface area contributed by atoms with Crippen molar-refractivity contribution in [3.05, 3.63) is 29.8 Å². The van der Waals surface area contributed by atoms with Crippen LogP contribution >= 0.6 is 0 Å². The molecule has 1 amide bonds. The Hall–Kier alpha value is -1.88. The van der Waals surface area contributed by atoms with Crippen LogP contribution in [0, 0.1) is 6.92 Å². The lowest BCUT2D eigenvalue weighted by Crippen LogP contribution is -2.55. The summed E-state index contributed by atoms with van der Waals surface area (Å²) in [7, 11) is 0. The minimum absolute atomic E-state index is 0.291. The van der Waals surface area contributed by atoms with Crippen LogP contribution in [0.4, 0.5) is 5.69 Å². The van der Waals surface area contributed by atoms with Gasteiger partial charge in [0.05, 0.1) is 5.54 Å². The number of anilines is 1. The third-order valence-electron chi connectivity index (χ3n) is 3.81. The highest BCUT2D eigenvalue weighted by Crippen LogP contribution is 2.30. The molecule has 1 fully saturated rings. The molecule has 0 unspecified atom stereocenters. The predicted molar refractivity (Wildman–Crippen MR) is 76.6 cm³/mol. The van der Waals surface area contributed by atoms with Gasteiger partial charge in [-0.05, 0) is 31.9 Å². The number of amides is 1.